The van der Waals surface area contributed by atoms with Gasteiger partial charge in [0.1, 0.15) is 0 Å². The second-order valence-corrected chi connectivity index (χ2v) is 5.29. The molecular weight excluding hydrogens is 208 g/mol. The highest BCUT2D eigenvalue weighted by molar-refractivity contribution is 5.47. The fourth-order valence-electron chi connectivity index (χ4n) is 3.17. The molecular formula is C15H20N2. The van der Waals surface area contributed by atoms with Gasteiger partial charge in [-0.25, -0.2) is 0 Å². The number of hydrogen-bond acceptors (Lipinski definition) is 2. The van der Waals surface area contributed by atoms with Crippen LogP contribution >= 0.6 is 0 Å². The summed E-state index contributed by atoms with van der Waals surface area (Å²) in [6, 6.07) is 4.90. The second kappa shape index (κ2) is 5.01. The van der Waals surface area contributed by atoms with Gasteiger partial charge >= 0.3 is 0 Å². The molecule has 0 amide bonds. The molecule has 3 saturated heterocycles. The normalized spacial score (nSPS) is 32.1. The van der Waals surface area contributed by atoms with Crippen LogP contribution in [0.4, 0.5) is 0 Å². The van der Waals surface area contributed by atoms with Crippen molar-refractivity contribution >= 4 is 6.08 Å². The molecule has 4 rings (SSSR count). The molecule has 1 aromatic rings. The molecule has 0 saturated carbocycles. The molecule has 90 valence electrons. The maximum absolute atomic E-state index is 4.13. The summed E-state index contributed by atoms with van der Waals surface area (Å²) in [7, 11) is 0. The van der Waals surface area contributed by atoms with E-state index in [1.54, 1.807) is 0 Å². The van der Waals surface area contributed by atoms with Gasteiger partial charge in [-0.3, -0.25) is 4.98 Å². The van der Waals surface area contributed by atoms with E-state index in [2.05, 4.69) is 28.1 Å². The number of nitrogens with zero attached hydrogens (tertiary/aromatic N) is 2. The van der Waals surface area contributed by atoms with E-state index in [9.17, 15) is 0 Å². The number of rotatable bonds is 3. The van der Waals surface area contributed by atoms with Crippen LogP contribution < -0.4 is 0 Å². The topological polar surface area (TPSA) is 16.1 Å². The van der Waals surface area contributed by atoms with Gasteiger partial charge in [-0.2, -0.15) is 0 Å². The molecule has 2 nitrogen and oxygen atoms in total. The summed E-state index contributed by atoms with van der Waals surface area (Å²) in [5.74, 6) is 1.01. The van der Waals surface area contributed by atoms with Gasteiger partial charge in [0.15, 0.2) is 0 Å². The summed E-state index contributed by atoms with van der Waals surface area (Å²) in [5, 5.41) is 0. The molecule has 0 radical (unpaired) electrons. The molecule has 17 heavy (non-hydrogen) atoms. The molecule has 0 N–H and O–H groups in total. The van der Waals surface area contributed by atoms with Crippen molar-refractivity contribution in [2.24, 2.45) is 5.92 Å². The van der Waals surface area contributed by atoms with Gasteiger partial charge in [-0.1, -0.05) is 18.2 Å². The van der Waals surface area contributed by atoms with Gasteiger partial charge < -0.3 is 4.90 Å². The van der Waals surface area contributed by atoms with Crippen LogP contribution in [0.1, 0.15) is 31.2 Å². The highest BCUT2D eigenvalue weighted by Crippen LogP contribution is 2.33. The first-order valence-electron chi connectivity index (χ1n) is 6.72. The summed E-state index contributed by atoms with van der Waals surface area (Å²) < 4.78 is 0. The Bertz CT molecular complexity index is 377. The minimum atomic E-state index is 0.801. The molecule has 2 heteroatoms. The van der Waals surface area contributed by atoms with Crippen molar-refractivity contribution in [2.75, 3.05) is 13.1 Å². The van der Waals surface area contributed by atoms with Crippen LogP contribution in [0.25, 0.3) is 6.08 Å². The number of hydrogen-bond donors (Lipinski definition) is 0. The van der Waals surface area contributed by atoms with Crippen molar-refractivity contribution in [1.29, 1.82) is 0 Å². The largest absolute Gasteiger partial charge is 0.300 e. The van der Waals surface area contributed by atoms with E-state index in [1.165, 1.54) is 44.3 Å². The molecule has 2 bridgehead atoms. The summed E-state index contributed by atoms with van der Waals surface area (Å²) in [4.78, 5) is 6.80. The Hall–Kier alpha value is -1.15. The molecule has 0 aromatic carbocycles. The van der Waals surface area contributed by atoms with E-state index < -0.39 is 0 Å². The van der Waals surface area contributed by atoms with Crippen LogP contribution in [-0.4, -0.2) is 29.0 Å². The Balaban J connectivity index is 1.56. The van der Waals surface area contributed by atoms with Gasteiger partial charge in [-0.15, -0.1) is 0 Å². The first-order chi connectivity index (χ1) is 8.42. The molecule has 0 aliphatic carbocycles. The van der Waals surface area contributed by atoms with Crippen molar-refractivity contribution in [2.45, 2.75) is 31.7 Å². The lowest BCUT2D eigenvalue weighted by molar-refractivity contribution is 0.0513. The zero-order valence-corrected chi connectivity index (χ0v) is 10.3. The van der Waals surface area contributed by atoms with Crippen LogP contribution in [0.15, 0.2) is 30.6 Å². The highest BCUT2D eigenvalue weighted by atomic mass is 15.2. The van der Waals surface area contributed by atoms with Crippen molar-refractivity contribution in [3.63, 3.8) is 0 Å². The lowest BCUT2D eigenvalue weighted by Crippen LogP contribution is -2.48. The minimum Gasteiger partial charge on any atom is -0.300 e. The van der Waals surface area contributed by atoms with E-state index in [-0.39, 0.29) is 0 Å². The number of fused-ring (bicyclic) bond motifs is 3. The third kappa shape index (κ3) is 2.58. The van der Waals surface area contributed by atoms with Crippen molar-refractivity contribution < 1.29 is 0 Å². The monoisotopic (exact) mass is 228 g/mol. The Morgan fingerprint density at radius 2 is 2.24 bits per heavy atom. The van der Waals surface area contributed by atoms with E-state index in [1.807, 2.05) is 18.5 Å². The van der Waals surface area contributed by atoms with E-state index in [4.69, 9.17) is 0 Å². The van der Waals surface area contributed by atoms with Crippen molar-refractivity contribution in [3.8, 4) is 0 Å². The maximum atomic E-state index is 4.13. The first-order valence-corrected chi connectivity index (χ1v) is 6.72. The standard InChI is InChI=1S/C15H20N2/c1(3-14-4-2-8-16-12-14)5-15-11-13-6-9-17(15)10-7-13/h1-4,8,12-13,15H,5-7,9-11H2/b3-1+. The average Bonchev–Trinajstić information content (AvgIpc) is 2.41. The van der Waals surface area contributed by atoms with Crippen molar-refractivity contribution in [3.05, 3.63) is 36.2 Å². The Kier molecular flexibility index (Phi) is 3.23. The van der Waals surface area contributed by atoms with E-state index in [0.717, 1.165) is 12.0 Å². The van der Waals surface area contributed by atoms with Gasteiger partial charge in [0.2, 0.25) is 0 Å². The Labute approximate surface area is 103 Å². The smallest absolute Gasteiger partial charge is 0.0340 e. The summed E-state index contributed by atoms with van der Waals surface area (Å²) in [6.07, 6.45) is 13.8. The van der Waals surface area contributed by atoms with Crippen LogP contribution in [0.3, 0.4) is 0 Å². The third-order valence-electron chi connectivity index (χ3n) is 4.17. The summed E-state index contributed by atoms with van der Waals surface area (Å²) in [6.45, 7) is 2.66. The molecule has 1 unspecified atom stereocenters. The number of aromatic nitrogens is 1. The van der Waals surface area contributed by atoms with Crippen LogP contribution in [0, 0.1) is 5.92 Å². The Morgan fingerprint density at radius 1 is 1.35 bits per heavy atom. The van der Waals surface area contributed by atoms with Gasteiger partial charge in [0.25, 0.3) is 0 Å². The van der Waals surface area contributed by atoms with Crippen LogP contribution in [-0.2, 0) is 0 Å². The summed E-state index contributed by atoms with van der Waals surface area (Å²) >= 11 is 0. The van der Waals surface area contributed by atoms with Gasteiger partial charge in [0.05, 0.1) is 0 Å². The van der Waals surface area contributed by atoms with Crippen molar-refractivity contribution in [1.82, 2.24) is 9.88 Å². The average molecular weight is 228 g/mol. The lowest BCUT2D eigenvalue weighted by atomic mass is 9.82. The molecule has 0 spiro atoms. The lowest BCUT2D eigenvalue weighted by Gasteiger charge is -2.45. The third-order valence-corrected chi connectivity index (χ3v) is 4.17. The summed E-state index contributed by atoms with van der Waals surface area (Å²) in [5.41, 5.74) is 1.21. The SMILES string of the molecule is C(=C\c1cccnc1)/CC1CC2CCN1CC2. The first kappa shape index (κ1) is 11.0. The molecule has 1 atom stereocenters. The zero-order valence-electron chi connectivity index (χ0n) is 10.3. The van der Waals surface area contributed by atoms with Crippen LogP contribution in [0.2, 0.25) is 0 Å². The molecule has 4 heterocycles. The fourth-order valence-corrected chi connectivity index (χ4v) is 3.17. The van der Waals surface area contributed by atoms with E-state index >= 15 is 0 Å². The van der Waals surface area contributed by atoms with Crippen LogP contribution in [0.5, 0.6) is 0 Å². The molecule has 3 aliphatic heterocycles. The van der Waals surface area contributed by atoms with Gasteiger partial charge in [0, 0.05) is 18.4 Å². The minimum absolute atomic E-state index is 0.801. The molecule has 3 aliphatic rings. The quantitative estimate of drug-likeness (QED) is 0.790. The molecule has 1 aromatic heterocycles. The van der Waals surface area contributed by atoms with Gasteiger partial charge in [-0.05, 0) is 56.3 Å². The number of piperidine rings is 3. The molecule has 3 fully saturated rings. The predicted molar refractivity (Wildman–Crippen MR) is 70.6 cm³/mol. The predicted octanol–water partition coefficient (Wildman–Crippen LogP) is 2.97. The zero-order chi connectivity index (χ0) is 11.5. The highest BCUT2D eigenvalue weighted by Gasteiger charge is 2.32. The maximum Gasteiger partial charge on any atom is 0.0340 e. The fraction of sp³-hybridized carbons (Fsp3) is 0.533. The number of pyridine rings is 1. The second-order valence-electron chi connectivity index (χ2n) is 5.29. The van der Waals surface area contributed by atoms with E-state index in [0.29, 0.717) is 0 Å². The Morgan fingerprint density at radius 3 is 2.88 bits per heavy atom.